The molecule has 1 aromatic rings. The molecule has 1 rings (SSSR count). The number of halogens is 2. The van der Waals surface area contributed by atoms with Gasteiger partial charge in [-0.25, -0.2) is 0 Å². The molecule has 0 fully saturated rings. The molecular formula is C12H18BrClN2O. The monoisotopic (exact) mass is 320 g/mol. The number of rotatable bonds is 4. The highest BCUT2D eigenvalue weighted by molar-refractivity contribution is 9.10. The topological polar surface area (TPSA) is 55.1 Å². The zero-order valence-corrected chi connectivity index (χ0v) is 12.4. The third-order valence-corrected chi connectivity index (χ3v) is 2.98. The average Bonchev–Trinajstić information content (AvgIpc) is 2.26. The van der Waals surface area contributed by atoms with Crippen molar-refractivity contribution in [3.05, 3.63) is 34.3 Å². The Hall–Kier alpha value is -0.580. The van der Waals surface area contributed by atoms with Crippen LogP contribution in [0.25, 0.3) is 0 Å². The maximum absolute atomic E-state index is 11.9. The van der Waals surface area contributed by atoms with Crippen molar-refractivity contribution in [2.45, 2.75) is 25.8 Å². The van der Waals surface area contributed by atoms with Crippen LogP contribution in [0.15, 0.2) is 28.7 Å². The van der Waals surface area contributed by atoms with Crippen molar-refractivity contribution < 1.29 is 4.79 Å². The lowest BCUT2D eigenvalue weighted by molar-refractivity contribution is -0.126. The lowest BCUT2D eigenvalue weighted by Gasteiger charge is -2.24. The summed E-state index contributed by atoms with van der Waals surface area (Å²) < 4.78 is 0.973. The van der Waals surface area contributed by atoms with Crippen molar-refractivity contribution in [2.75, 3.05) is 6.54 Å². The highest BCUT2D eigenvalue weighted by atomic mass is 79.9. The minimum atomic E-state index is -0.976. The van der Waals surface area contributed by atoms with E-state index in [9.17, 15) is 4.79 Å². The molecule has 3 nitrogen and oxygen atoms in total. The third-order valence-electron chi connectivity index (χ3n) is 2.45. The fourth-order valence-corrected chi connectivity index (χ4v) is 1.61. The van der Waals surface area contributed by atoms with Crippen LogP contribution in [0.4, 0.5) is 0 Å². The van der Waals surface area contributed by atoms with Crippen LogP contribution in [-0.4, -0.2) is 12.5 Å². The molecule has 0 saturated heterocycles. The molecule has 0 heterocycles. The predicted molar refractivity (Wildman–Crippen MR) is 76.2 cm³/mol. The fraction of sp³-hybridized carbons (Fsp3) is 0.417. The molecule has 0 saturated carbocycles. The van der Waals surface area contributed by atoms with Gasteiger partial charge in [0.05, 0.1) is 0 Å². The van der Waals surface area contributed by atoms with Crippen molar-refractivity contribution in [1.29, 1.82) is 0 Å². The summed E-state index contributed by atoms with van der Waals surface area (Å²) in [5, 5.41) is 2.81. The molecule has 0 aliphatic rings. The highest BCUT2D eigenvalue weighted by Crippen LogP contribution is 2.20. The number of nitrogens with two attached hydrogens (primary N) is 1. The van der Waals surface area contributed by atoms with Crippen LogP contribution < -0.4 is 11.1 Å². The number of carbonyl (C=O) groups excluding carboxylic acids is 1. The summed E-state index contributed by atoms with van der Waals surface area (Å²) in [5.41, 5.74) is 5.88. The molecule has 0 aliphatic carbocycles. The Morgan fingerprint density at radius 1 is 1.41 bits per heavy atom. The van der Waals surface area contributed by atoms with Crippen molar-refractivity contribution in [1.82, 2.24) is 5.32 Å². The molecule has 0 bridgehead atoms. The first-order valence-corrected chi connectivity index (χ1v) is 6.11. The highest BCUT2D eigenvalue weighted by Gasteiger charge is 2.29. The first-order valence-electron chi connectivity index (χ1n) is 5.31. The quantitative estimate of drug-likeness (QED) is 0.895. The van der Waals surface area contributed by atoms with E-state index in [-0.39, 0.29) is 18.3 Å². The maximum atomic E-state index is 11.9. The fourth-order valence-electron chi connectivity index (χ4n) is 1.35. The second kappa shape index (κ2) is 6.99. The van der Waals surface area contributed by atoms with Crippen LogP contribution >= 0.6 is 28.3 Å². The number of hydrogen-bond acceptors (Lipinski definition) is 2. The van der Waals surface area contributed by atoms with Gasteiger partial charge in [-0.15, -0.1) is 12.4 Å². The molecule has 1 unspecified atom stereocenters. The Labute approximate surface area is 117 Å². The van der Waals surface area contributed by atoms with Gasteiger partial charge in [0.2, 0.25) is 5.91 Å². The number of benzene rings is 1. The number of amides is 1. The van der Waals surface area contributed by atoms with Gasteiger partial charge < -0.3 is 11.1 Å². The first kappa shape index (κ1) is 16.4. The van der Waals surface area contributed by atoms with Gasteiger partial charge in [-0.2, -0.15) is 0 Å². The van der Waals surface area contributed by atoms with Crippen LogP contribution in [0.2, 0.25) is 0 Å². The Kier molecular flexibility index (Phi) is 6.75. The Morgan fingerprint density at radius 3 is 2.41 bits per heavy atom. The van der Waals surface area contributed by atoms with Gasteiger partial charge in [0, 0.05) is 11.0 Å². The summed E-state index contributed by atoms with van der Waals surface area (Å²) >= 11 is 3.35. The third kappa shape index (κ3) is 4.30. The maximum Gasteiger partial charge on any atom is 0.244 e. The van der Waals surface area contributed by atoms with E-state index in [0.717, 1.165) is 16.5 Å². The molecule has 5 heteroatoms. The largest absolute Gasteiger partial charge is 0.354 e. The van der Waals surface area contributed by atoms with Gasteiger partial charge in [0.1, 0.15) is 5.54 Å². The van der Waals surface area contributed by atoms with Gasteiger partial charge in [-0.1, -0.05) is 35.0 Å². The molecule has 1 aromatic carbocycles. The van der Waals surface area contributed by atoms with Crippen molar-refractivity contribution in [2.24, 2.45) is 5.73 Å². The molecule has 0 aromatic heterocycles. The van der Waals surface area contributed by atoms with E-state index in [2.05, 4.69) is 21.2 Å². The van der Waals surface area contributed by atoms with Gasteiger partial charge in [-0.3, -0.25) is 4.79 Å². The molecule has 1 amide bonds. The summed E-state index contributed by atoms with van der Waals surface area (Å²) in [6.07, 6.45) is 0.905. The van der Waals surface area contributed by atoms with E-state index in [0.29, 0.717) is 6.54 Å². The minimum absolute atomic E-state index is 0. The second-order valence-corrected chi connectivity index (χ2v) is 4.88. The Bertz CT molecular complexity index is 365. The van der Waals surface area contributed by atoms with E-state index in [1.807, 2.05) is 31.2 Å². The SMILES string of the molecule is CCCNC(=O)C(C)(N)c1ccc(Br)cc1.Cl. The minimum Gasteiger partial charge on any atom is -0.354 e. The van der Waals surface area contributed by atoms with Crippen molar-refractivity contribution in [3.8, 4) is 0 Å². The van der Waals surface area contributed by atoms with E-state index in [1.54, 1.807) is 6.92 Å². The zero-order chi connectivity index (χ0) is 12.2. The average molecular weight is 322 g/mol. The van der Waals surface area contributed by atoms with Crippen LogP contribution in [0, 0.1) is 0 Å². The second-order valence-electron chi connectivity index (χ2n) is 3.97. The van der Waals surface area contributed by atoms with Gasteiger partial charge >= 0.3 is 0 Å². The number of hydrogen-bond donors (Lipinski definition) is 2. The van der Waals surface area contributed by atoms with Gasteiger partial charge in [0.15, 0.2) is 0 Å². The molecule has 0 spiro atoms. The van der Waals surface area contributed by atoms with Gasteiger partial charge in [0.25, 0.3) is 0 Å². The molecule has 17 heavy (non-hydrogen) atoms. The zero-order valence-electron chi connectivity index (χ0n) is 10.00. The van der Waals surface area contributed by atoms with Crippen molar-refractivity contribution >= 4 is 34.2 Å². The Balaban J connectivity index is 0.00000256. The normalized spacial score (nSPS) is 13.4. The lowest BCUT2D eigenvalue weighted by atomic mass is 9.92. The first-order chi connectivity index (χ1) is 7.48. The van der Waals surface area contributed by atoms with Gasteiger partial charge in [-0.05, 0) is 31.0 Å². The molecule has 96 valence electrons. The van der Waals surface area contributed by atoms with Crippen molar-refractivity contribution in [3.63, 3.8) is 0 Å². The van der Waals surface area contributed by atoms with Crippen LogP contribution in [0.5, 0.6) is 0 Å². The smallest absolute Gasteiger partial charge is 0.244 e. The molecule has 0 aliphatic heterocycles. The summed E-state index contributed by atoms with van der Waals surface area (Å²) in [6, 6.07) is 7.48. The lowest BCUT2D eigenvalue weighted by Crippen LogP contribution is -2.49. The van der Waals surface area contributed by atoms with E-state index < -0.39 is 5.54 Å². The molecule has 1 atom stereocenters. The van der Waals surface area contributed by atoms with Crippen LogP contribution in [0.3, 0.4) is 0 Å². The molecule has 0 radical (unpaired) electrons. The number of nitrogens with one attached hydrogen (secondary N) is 1. The summed E-state index contributed by atoms with van der Waals surface area (Å²) in [6.45, 7) is 4.39. The van der Waals surface area contributed by atoms with E-state index in [4.69, 9.17) is 5.73 Å². The van der Waals surface area contributed by atoms with E-state index in [1.165, 1.54) is 0 Å². The molecule has 3 N–H and O–H groups in total. The summed E-state index contributed by atoms with van der Waals surface area (Å²) in [7, 11) is 0. The van der Waals surface area contributed by atoms with E-state index >= 15 is 0 Å². The summed E-state index contributed by atoms with van der Waals surface area (Å²) in [4.78, 5) is 11.9. The van der Waals surface area contributed by atoms with Crippen LogP contribution in [0.1, 0.15) is 25.8 Å². The van der Waals surface area contributed by atoms with Crippen LogP contribution in [-0.2, 0) is 10.3 Å². The molecular weight excluding hydrogens is 304 g/mol. The number of carbonyl (C=O) groups is 1. The Morgan fingerprint density at radius 2 is 1.94 bits per heavy atom. The predicted octanol–water partition coefficient (Wildman–Crippen LogP) is 2.57. The standard InChI is InChI=1S/C12H17BrN2O.ClH/c1-3-8-15-11(16)12(2,14)9-4-6-10(13)7-5-9;/h4-7H,3,8,14H2,1-2H3,(H,15,16);1H. The summed E-state index contributed by atoms with van der Waals surface area (Å²) in [5.74, 6) is -0.142.